The maximum atomic E-state index is 5.98. The van der Waals surface area contributed by atoms with Crippen LogP contribution in [0, 0.1) is 6.92 Å². The van der Waals surface area contributed by atoms with E-state index in [9.17, 15) is 0 Å². The number of fused-ring (bicyclic) bond motifs is 1. The van der Waals surface area contributed by atoms with E-state index in [1.165, 1.54) is 5.56 Å². The fourth-order valence-electron chi connectivity index (χ4n) is 2.92. The summed E-state index contributed by atoms with van der Waals surface area (Å²) in [6.45, 7) is 1.98. The van der Waals surface area contributed by atoms with Gasteiger partial charge in [-0.05, 0) is 37.1 Å². The normalized spacial score (nSPS) is 17.1. The Balaban J connectivity index is 1.80. The first-order valence-corrected chi connectivity index (χ1v) is 7.32. The molecule has 1 aliphatic heterocycles. The molecule has 0 amide bonds. The lowest BCUT2D eigenvalue weighted by molar-refractivity contribution is 0.621. The summed E-state index contributed by atoms with van der Waals surface area (Å²) in [5.74, 6) is 1.84. The average Bonchev–Trinajstić information content (AvgIpc) is 3.15. The van der Waals surface area contributed by atoms with Crippen molar-refractivity contribution in [2.45, 2.75) is 25.8 Å². The molecule has 0 spiro atoms. The van der Waals surface area contributed by atoms with Crippen molar-refractivity contribution in [3.05, 3.63) is 52.4 Å². The zero-order chi connectivity index (χ0) is 14.4. The van der Waals surface area contributed by atoms with Crippen molar-refractivity contribution in [2.24, 2.45) is 0 Å². The summed E-state index contributed by atoms with van der Waals surface area (Å²) < 4.78 is 2.19. The monoisotopic (exact) mass is 299 g/mol. The molecule has 2 aromatic heterocycles. The Morgan fingerprint density at radius 3 is 2.76 bits per heavy atom. The van der Waals surface area contributed by atoms with Crippen molar-refractivity contribution in [3.63, 3.8) is 0 Å². The van der Waals surface area contributed by atoms with E-state index in [2.05, 4.69) is 37.1 Å². The highest BCUT2D eigenvalue weighted by molar-refractivity contribution is 6.30. The Kier molecular flexibility index (Phi) is 2.82. The molecule has 1 aromatic carbocycles. The van der Waals surface area contributed by atoms with Crippen LogP contribution in [0.5, 0.6) is 0 Å². The average molecular weight is 300 g/mol. The lowest BCUT2D eigenvalue weighted by atomic mass is 10.0. The molecule has 0 saturated carbocycles. The highest BCUT2D eigenvalue weighted by Crippen LogP contribution is 2.35. The molecule has 0 saturated heterocycles. The van der Waals surface area contributed by atoms with E-state index in [-0.39, 0.29) is 6.04 Å². The Bertz CT molecular complexity index is 787. The first-order chi connectivity index (χ1) is 10.2. The molecule has 5 nitrogen and oxygen atoms in total. The maximum absolute atomic E-state index is 5.98. The van der Waals surface area contributed by atoms with Crippen molar-refractivity contribution in [2.75, 3.05) is 0 Å². The fourth-order valence-corrected chi connectivity index (χ4v) is 3.05. The smallest absolute Gasteiger partial charge is 0.185 e. The van der Waals surface area contributed by atoms with Gasteiger partial charge in [-0.1, -0.05) is 23.7 Å². The zero-order valence-electron chi connectivity index (χ0n) is 11.5. The molecule has 1 N–H and O–H groups in total. The van der Waals surface area contributed by atoms with Gasteiger partial charge in [-0.15, -0.1) is 10.2 Å². The molecule has 1 atom stereocenters. The molecule has 4 rings (SSSR count). The molecule has 6 heteroatoms. The van der Waals surface area contributed by atoms with Gasteiger partial charge in [0.1, 0.15) is 11.5 Å². The molecular formula is C15H14ClN5. The molecule has 106 valence electrons. The number of benzene rings is 1. The molecule has 1 aliphatic rings. The molecule has 0 fully saturated rings. The van der Waals surface area contributed by atoms with Crippen molar-refractivity contribution in [3.8, 4) is 11.5 Å². The predicted molar refractivity (Wildman–Crippen MR) is 80.3 cm³/mol. The number of nitrogens with zero attached hydrogens (tertiary/aromatic N) is 4. The second-order valence-electron chi connectivity index (χ2n) is 5.35. The van der Waals surface area contributed by atoms with E-state index in [1.54, 1.807) is 0 Å². The van der Waals surface area contributed by atoms with Gasteiger partial charge in [0.25, 0.3) is 0 Å². The first kappa shape index (κ1) is 12.6. The van der Waals surface area contributed by atoms with Crippen LogP contribution in [-0.4, -0.2) is 25.0 Å². The number of rotatable bonds is 2. The van der Waals surface area contributed by atoms with Crippen LogP contribution in [0.2, 0.25) is 5.02 Å². The van der Waals surface area contributed by atoms with Gasteiger partial charge in [0.05, 0.1) is 6.04 Å². The van der Waals surface area contributed by atoms with Gasteiger partial charge >= 0.3 is 0 Å². The molecule has 21 heavy (non-hydrogen) atoms. The van der Waals surface area contributed by atoms with Crippen molar-refractivity contribution < 1.29 is 0 Å². The summed E-state index contributed by atoms with van der Waals surface area (Å²) in [5.41, 5.74) is 3.09. The number of halogens is 1. The lowest BCUT2D eigenvalue weighted by Crippen LogP contribution is -2.07. The van der Waals surface area contributed by atoms with Gasteiger partial charge in [-0.2, -0.15) is 5.10 Å². The van der Waals surface area contributed by atoms with Gasteiger partial charge in [-0.3, -0.25) is 5.10 Å². The second kappa shape index (κ2) is 4.70. The number of aryl methyl sites for hydroxylation is 2. The number of aromatic amines is 1. The topological polar surface area (TPSA) is 59.4 Å². The highest BCUT2D eigenvalue weighted by atomic mass is 35.5. The fraction of sp³-hybridized carbons (Fsp3) is 0.267. The standard InChI is InChI=1S/C15H14ClN5/c1-9-8-12(18-17-9)15-20-19-14-7-6-13(21(14)15)10-2-4-11(16)5-3-10/h2-5,8,13H,6-7H2,1H3,(H,17,18). The van der Waals surface area contributed by atoms with E-state index >= 15 is 0 Å². The SMILES string of the molecule is Cc1cc(-c2nnc3n2C(c2ccc(Cl)cc2)CC3)n[nH]1. The summed E-state index contributed by atoms with van der Waals surface area (Å²) in [7, 11) is 0. The maximum Gasteiger partial charge on any atom is 0.185 e. The molecule has 0 bridgehead atoms. The minimum atomic E-state index is 0.249. The van der Waals surface area contributed by atoms with Crippen molar-refractivity contribution >= 4 is 11.6 Å². The zero-order valence-corrected chi connectivity index (χ0v) is 12.3. The number of nitrogens with one attached hydrogen (secondary N) is 1. The third-order valence-electron chi connectivity index (χ3n) is 3.91. The molecule has 3 aromatic rings. The van der Waals surface area contributed by atoms with Crippen LogP contribution < -0.4 is 0 Å². The Labute approximate surface area is 127 Å². The summed E-state index contributed by atoms with van der Waals surface area (Å²) in [4.78, 5) is 0. The van der Waals surface area contributed by atoms with Crippen LogP contribution in [0.15, 0.2) is 30.3 Å². The summed E-state index contributed by atoms with van der Waals surface area (Å²) in [6.07, 6.45) is 1.96. The first-order valence-electron chi connectivity index (χ1n) is 6.94. The molecule has 0 aliphatic carbocycles. The number of hydrogen-bond donors (Lipinski definition) is 1. The van der Waals surface area contributed by atoms with Gasteiger partial charge in [0, 0.05) is 17.1 Å². The second-order valence-corrected chi connectivity index (χ2v) is 5.79. The Hall–Kier alpha value is -2.14. The van der Waals surface area contributed by atoms with E-state index in [4.69, 9.17) is 11.6 Å². The van der Waals surface area contributed by atoms with Gasteiger partial charge in [0.2, 0.25) is 0 Å². The number of H-pyrrole nitrogens is 1. The molecular weight excluding hydrogens is 286 g/mol. The van der Waals surface area contributed by atoms with Crippen LogP contribution >= 0.6 is 11.6 Å². The number of hydrogen-bond acceptors (Lipinski definition) is 3. The summed E-state index contributed by atoms with van der Waals surface area (Å²) in [5, 5.41) is 16.7. The van der Waals surface area contributed by atoms with Crippen molar-refractivity contribution in [1.82, 2.24) is 25.0 Å². The van der Waals surface area contributed by atoms with Gasteiger partial charge in [0.15, 0.2) is 5.82 Å². The minimum Gasteiger partial charge on any atom is -0.302 e. The quantitative estimate of drug-likeness (QED) is 0.790. The van der Waals surface area contributed by atoms with Crippen LogP contribution in [0.25, 0.3) is 11.5 Å². The largest absolute Gasteiger partial charge is 0.302 e. The summed E-state index contributed by atoms with van der Waals surface area (Å²) in [6, 6.07) is 10.2. The van der Waals surface area contributed by atoms with Crippen LogP contribution in [0.3, 0.4) is 0 Å². The molecule has 1 unspecified atom stereocenters. The third kappa shape index (κ3) is 2.05. The Morgan fingerprint density at radius 2 is 2.05 bits per heavy atom. The van der Waals surface area contributed by atoms with E-state index < -0.39 is 0 Å². The van der Waals surface area contributed by atoms with Gasteiger partial charge in [-0.25, -0.2) is 0 Å². The predicted octanol–water partition coefficient (Wildman–Crippen LogP) is 3.17. The minimum absolute atomic E-state index is 0.249. The molecule has 0 radical (unpaired) electrons. The van der Waals surface area contributed by atoms with Gasteiger partial charge < -0.3 is 4.57 Å². The summed E-state index contributed by atoms with van der Waals surface area (Å²) >= 11 is 5.98. The van der Waals surface area contributed by atoms with E-state index in [0.717, 1.165) is 40.9 Å². The molecule has 3 heterocycles. The van der Waals surface area contributed by atoms with Crippen molar-refractivity contribution in [1.29, 1.82) is 0 Å². The Morgan fingerprint density at radius 1 is 1.24 bits per heavy atom. The lowest BCUT2D eigenvalue weighted by Gasteiger charge is -2.15. The van der Waals surface area contributed by atoms with Crippen LogP contribution in [0.1, 0.15) is 29.5 Å². The van der Waals surface area contributed by atoms with E-state index in [0.29, 0.717) is 0 Å². The number of aromatic nitrogens is 5. The van der Waals surface area contributed by atoms with Crippen LogP contribution in [0.4, 0.5) is 0 Å². The van der Waals surface area contributed by atoms with E-state index in [1.807, 2.05) is 25.1 Å². The highest BCUT2D eigenvalue weighted by Gasteiger charge is 2.29. The third-order valence-corrected chi connectivity index (χ3v) is 4.16. The van der Waals surface area contributed by atoms with Crippen LogP contribution in [-0.2, 0) is 6.42 Å².